The summed E-state index contributed by atoms with van der Waals surface area (Å²) in [4.78, 5) is 43.3. The summed E-state index contributed by atoms with van der Waals surface area (Å²) in [6.07, 6.45) is 1.48. The standard InChI is InChI=1S/C32H33N5O5/c1-3-41-28(38)18-27-22-5-4-6-24(17-22)36-32(40)42-14-12-20-7-8-23(15-19(20)2)29(31(39)37-27)35-25-9-10-26-21(16-25)11-13-34-30(26)33/h4-11,13,15-17,27,29,35H,3,12,14,18H2,1-2H3,(H2,33,34)(H,36,40)(H,37,39)/t27?,29-/m0/s1. The molecule has 10 nitrogen and oxygen atoms in total. The van der Waals surface area contributed by atoms with Gasteiger partial charge >= 0.3 is 12.1 Å². The Morgan fingerprint density at radius 3 is 2.76 bits per heavy atom. The number of benzene rings is 3. The van der Waals surface area contributed by atoms with Crippen LogP contribution in [0.3, 0.4) is 0 Å². The minimum Gasteiger partial charge on any atom is -0.466 e. The third-order valence-electron chi connectivity index (χ3n) is 7.20. The first-order valence-electron chi connectivity index (χ1n) is 13.8. The quantitative estimate of drug-likeness (QED) is 0.241. The second-order valence-electron chi connectivity index (χ2n) is 10.1. The fourth-order valence-corrected chi connectivity index (χ4v) is 5.07. The number of esters is 1. The molecule has 3 aromatic carbocycles. The molecule has 0 aliphatic carbocycles. The zero-order valence-corrected chi connectivity index (χ0v) is 23.5. The Morgan fingerprint density at radius 1 is 1.10 bits per heavy atom. The average molecular weight is 568 g/mol. The highest BCUT2D eigenvalue weighted by Gasteiger charge is 2.27. The van der Waals surface area contributed by atoms with Crippen molar-refractivity contribution in [2.45, 2.75) is 38.8 Å². The minimum atomic E-state index is -0.800. The number of anilines is 3. The van der Waals surface area contributed by atoms with E-state index in [1.807, 2.05) is 49.4 Å². The predicted molar refractivity (Wildman–Crippen MR) is 161 cm³/mol. The largest absolute Gasteiger partial charge is 0.466 e. The van der Waals surface area contributed by atoms with E-state index in [0.717, 1.165) is 27.5 Å². The van der Waals surface area contributed by atoms with E-state index in [1.165, 1.54) is 0 Å². The molecule has 1 unspecified atom stereocenters. The van der Waals surface area contributed by atoms with E-state index in [4.69, 9.17) is 15.2 Å². The first-order chi connectivity index (χ1) is 20.3. The number of nitrogen functional groups attached to an aromatic ring is 1. The number of pyridine rings is 1. The van der Waals surface area contributed by atoms with E-state index in [-0.39, 0.29) is 25.5 Å². The van der Waals surface area contributed by atoms with Gasteiger partial charge in [0, 0.05) is 29.4 Å². The zero-order chi connectivity index (χ0) is 29.6. The first kappa shape index (κ1) is 28.4. The Labute approximate surface area is 243 Å². The third kappa shape index (κ3) is 6.60. The molecule has 0 saturated heterocycles. The van der Waals surface area contributed by atoms with Gasteiger partial charge in [0.05, 0.1) is 25.7 Å². The summed E-state index contributed by atoms with van der Waals surface area (Å²) in [5.41, 5.74) is 10.5. The van der Waals surface area contributed by atoms with Crippen molar-refractivity contribution in [3.8, 4) is 0 Å². The number of fused-ring (bicyclic) bond motifs is 10. The topological polar surface area (TPSA) is 145 Å². The van der Waals surface area contributed by atoms with Gasteiger partial charge in [-0.2, -0.15) is 0 Å². The van der Waals surface area contributed by atoms with Crippen LogP contribution < -0.4 is 21.7 Å². The molecule has 5 N–H and O–H groups in total. The van der Waals surface area contributed by atoms with Crippen molar-refractivity contribution in [1.29, 1.82) is 0 Å². The molecule has 2 aliphatic heterocycles. The monoisotopic (exact) mass is 567 g/mol. The van der Waals surface area contributed by atoms with E-state index in [0.29, 0.717) is 29.2 Å². The summed E-state index contributed by atoms with van der Waals surface area (Å²) < 4.78 is 10.6. The van der Waals surface area contributed by atoms with E-state index in [9.17, 15) is 14.4 Å². The number of nitrogens with one attached hydrogen (secondary N) is 3. The maximum absolute atomic E-state index is 14.1. The Bertz CT molecular complexity index is 1640. The van der Waals surface area contributed by atoms with Crippen molar-refractivity contribution in [3.63, 3.8) is 0 Å². The number of rotatable bonds is 5. The van der Waals surface area contributed by atoms with Gasteiger partial charge in [-0.15, -0.1) is 0 Å². The SMILES string of the molecule is CCOC(=O)CC1NC(=O)[C@@H](Nc2ccc3c(N)nccc3c2)c2ccc(c(C)c2)CCOC(=O)Nc2cccc1c2. The highest BCUT2D eigenvalue weighted by atomic mass is 16.5. The van der Waals surface area contributed by atoms with Gasteiger partial charge < -0.3 is 25.8 Å². The average Bonchev–Trinajstić information content (AvgIpc) is 2.96. The minimum absolute atomic E-state index is 0.0968. The van der Waals surface area contributed by atoms with E-state index in [1.54, 1.807) is 37.4 Å². The smallest absolute Gasteiger partial charge is 0.411 e. The molecule has 4 aromatic rings. The van der Waals surface area contributed by atoms with Crippen molar-refractivity contribution in [2.24, 2.45) is 0 Å². The molecular formula is C32H33N5O5. The maximum atomic E-state index is 14.1. The van der Waals surface area contributed by atoms with Crippen molar-refractivity contribution < 1.29 is 23.9 Å². The summed E-state index contributed by atoms with van der Waals surface area (Å²) in [6.45, 7) is 4.08. The van der Waals surface area contributed by atoms with Crippen LogP contribution in [0, 0.1) is 6.92 Å². The molecule has 216 valence electrons. The van der Waals surface area contributed by atoms with Crippen LogP contribution in [0.5, 0.6) is 0 Å². The fourth-order valence-electron chi connectivity index (χ4n) is 5.07. The maximum Gasteiger partial charge on any atom is 0.411 e. The number of hydrogen-bond acceptors (Lipinski definition) is 8. The molecule has 4 bridgehead atoms. The van der Waals surface area contributed by atoms with Crippen molar-refractivity contribution in [2.75, 3.05) is 29.6 Å². The van der Waals surface area contributed by atoms with Crippen LogP contribution in [0.25, 0.3) is 10.8 Å². The fraction of sp³-hybridized carbons (Fsp3) is 0.250. The van der Waals surface area contributed by atoms with E-state index in [2.05, 4.69) is 20.9 Å². The van der Waals surface area contributed by atoms with Gasteiger partial charge in [-0.05, 0) is 77.9 Å². The van der Waals surface area contributed by atoms with Gasteiger partial charge in [0.1, 0.15) is 11.9 Å². The van der Waals surface area contributed by atoms with Crippen LogP contribution in [0.1, 0.15) is 47.7 Å². The lowest BCUT2D eigenvalue weighted by Crippen LogP contribution is -2.37. The molecule has 2 amide bonds. The van der Waals surface area contributed by atoms with Crippen LogP contribution >= 0.6 is 0 Å². The molecule has 10 heteroatoms. The Morgan fingerprint density at radius 2 is 1.95 bits per heavy atom. The molecule has 0 fully saturated rings. The van der Waals surface area contributed by atoms with Crippen LogP contribution in [0.15, 0.2) is 72.9 Å². The highest BCUT2D eigenvalue weighted by molar-refractivity contribution is 5.94. The second-order valence-corrected chi connectivity index (χ2v) is 10.1. The number of amides is 2. The lowest BCUT2D eigenvalue weighted by molar-refractivity contribution is -0.143. The van der Waals surface area contributed by atoms with Crippen LogP contribution in [-0.2, 0) is 25.5 Å². The lowest BCUT2D eigenvalue weighted by atomic mass is 9.96. The molecule has 6 rings (SSSR count). The number of ether oxygens (including phenoxy) is 2. The van der Waals surface area contributed by atoms with Crippen molar-refractivity contribution in [3.05, 3.63) is 95.2 Å². The molecule has 2 aliphatic rings. The van der Waals surface area contributed by atoms with Gasteiger partial charge in [0.15, 0.2) is 0 Å². The summed E-state index contributed by atoms with van der Waals surface area (Å²) in [7, 11) is 0. The normalized spacial score (nSPS) is 17.2. The van der Waals surface area contributed by atoms with Crippen LogP contribution in [0.2, 0.25) is 0 Å². The van der Waals surface area contributed by atoms with Crippen molar-refractivity contribution >= 4 is 45.9 Å². The number of nitrogens with zero attached hydrogens (tertiary/aromatic N) is 1. The van der Waals surface area contributed by atoms with E-state index < -0.39 is 24.1 Å². The van der Waals surface area contributed by atoms with Gasteiger partial charge in [0.25, 0.3) is 0 Å². The summed E-state index contributed by atoms with van der Waals surface area (Å²) in [5, 5.41) is 10.9. The highest BCUT2D eigenvalue weighted by Crippen LogP contribution is 2.29. The first-order valence-corrected chi connectivity index (χ1v) is 13.8. The van der Waals surface area contributed by atoms with Gasteiger partial charge in [-0.3, -0.25) is 14.9 Å². The molecule has 3 heterocycles. The molecule has 0 radical (unpaired) electrons. The number of nitrogens with two attached hydrogens (primary N) is 1. The van der Waals surface area contributed by atoms with Crippen LogP contribution in [0.4, 0.5) is 22.0 Å². The molecule has 42 heavy (non-hydrogen) atoms. The lowest BCUT2D eigenvalue weighted by Gasteiger charge is -2.25. The number of aromatic nitrogens is 1. The summed E-state index contributed by atoms with van der Waals surface area (Å²) in [5.74, 6) is -0.368. The zero-order valence-electron chi connectivity index (χ0n) is 23.5. The molecule has 0 saturated carbocycles. The molecule has 2 atom stereocenters. The molecule has 1 aromatic heterocycles. The van der Waals surface area contributed by atoms with Gasteiger partial charge in [-0.1, -0.05) is 30.3 Å². The third-order valence-corrected chi connectivity index (χ3v) is 7.20. The van der Waals surface area contributed by atoms with Gasteiger partial charge in [-0.25, -0.2) is 9.78 Å². The Balaban J connectivity index is 1.55. The Kier molecular flexibility index (Phi) is 8.52. The van der Waals surface area contributed by atoms with Crippen LogP contribution in [-0.4, -0.2) is 36.2 Å². The molecule has 0 spiro atoms. The number of hydrogen-bond donors (Lipinski definition) is 4. The number of aryl methyl sites for hydroxylation is 1. The number of carbonyl (C=O) groups excluding carboxylic acids is 3. The van der Waals surface area contributed by atoms with Crippen molar-refractivity contribution in [1.82, 2.24) is 10.3 Å². The summed E-state index contributed by atoms with van der Waals surface area (Å²) >= 11 is 0. The Hall–Kier alpha value is -5.12. The van der Waals surface area contributed by atoms with Gasteiger partial charge in [0.2, 0.25) is 5.91 Å². The molecular weight excluding hydrogens is 534 g/mol. The number of carbonyl (C=O) groups is 3. The predicted octanol–water partition coefficient (Wildman–Crippen LogP) is 5.19. The van der Waals surface area contributed by atoms with E-state index >= 15 is 0 Å². The summed E-state index contributed by atoms with van der Waals surface area (Å²) in [6, 6.07) is 18.7. The second kappa shape index (κ2) is 12.6.